The predicted octanol–water partition coefficient (Wildman–Crippen LogP) is 3.15. The smallest absolute Gasteiger partial charge is 0.178 e. The molecular weight excluding hydrogens is 274 g/mol. The van der Waals surface area contributed by atoms with Crippen LogP contribution in [0.2, 0.25) is 5.02 Å². The number of hydrogen-bond acceptors (Lipinski definition) is 3. The number of aliphatic hydroxyl groups is 1. The van der Waals surface area contributed by atoms with Crippen LogP contribution < -0.4 is 0 Å². The molecule has 1 saturated carbocycles. The highest BCUT2D eigenvalue weighted by Gasteiger charge is 2.23. The molecule has 0 amide bonds. The van der Waals surface area contributed by atoms with E-state index in [-0.39, 0.29) is 12.4 Å². The van der Waals surface area contributed by atoms with Crippen molar-refractivity contribution in [2.45, 2.75) is 38.1 Å². The van der Waals surface area contributed by atoms with Crippen molar-refractivity contribution < 1.29 is 9.90 Å². The molecule has 0 spiro atoms. The number of carbonyl (C=O) groups is 1. The molecule has 0 bridgehead atoms. The summed E-state index contributed by atoms with van der Waals surface area (Å²) in [7, 11) is 0. The zero-order valence-corrected chi connectivity index (χ0v) is 12.5. The lowest BCUT2D eigenvalue weighted by molar-refractivity contribution is 0.0815. The van der Waals surface area contributed by atoms with E-state index in [0.29, 0.717) is 29.7 Å². The van der Waals surface area contributed by atoms with Gasteiger partial charge < -0.3 is 5.11 Å². The summed E-state index contributed by atoms with van der Waals surface area (Å²) in [6, 6.07) is 7.58. The molecule has 1 aliphatic carbocycles. The van der Waals surface area contributed by atoms with Crippen molar-refractivity contribution in [3.8, 4) is 0 Å². The number of hydrogen-bond donors (Lipinski definition) is 1. The number of nitrogens with zero attached hydrogens (tertiary/aromatic N) is 1. The van der Waals surface area contributed by atoms with Gasteiger partial charge in [0.2, 0.25) is 0 Å². The van der Waals surface area contributed by atoms with E-state index in [1.54, 1.807) is 12.1 Å². The highest BCUT2D eigenvalue weighted by molar-refractivity contribution is 6.34. The summed E-state index contributed by atoms with van der Waals surface area (Å²) in [4.78, 5) is 14.5. The Morgan fingerprint density at radius 2 is 1.95 bits per heavy atom. The summed E-state index contributed by atoms with van der Waals surface area (Å²) in [6.07, 6.45) is 5.95. The van der Waals surface area contributed by atoms with Gasteiger partial charge in [-0.2, -0.15) is 0 Å². The molecule has 1 aliphatic rings. The van der Waals surface area contributed by atoms with Gasteiger partial charge >= 0.3 is 0 Å². The molecule has 0 heterocycles. The number of carbonyl (C=O) groups excluding carboxylic acids is 1. The van der Waals surface area contributed by atoms with Crippen molar-refractivity contribution in [2.75, 3.05) is 19.7 Å². The minimum absolute atomic E-state index is 0.0367. The van der Waals surface area contributed by atoms with Gasteiger partial charge in [-0.1, -0.05) is 43.0 Å². The summed E-state index contributed by atoms with van der Waals surface area (Å²) in [6.45, 7) is 0.988. The highest BCUT2D eigenvalue weighted by Crippen LogP contribution is 2.23. The molecule has 1 fully saturated rings. The van der Waals surface area contributed by atoms with Crippen LogP contribution in [-0.4, -0.2) is 41.5 Å². The summed E-state index contributed by atoms with van der Waals surface area (Å²) in [5.41, 5.74) is 0.577. The highest BCUT2D eigenvalue weighted by atomic mass is 35.5. The maximum absolute atomic E-state index is 12.4. The van der Waals surface area contributed by atoms with Crippen LogP contribution in [-0.2, 0) is 0 Å². The minimum Gasteiger partial charge on any atom is -0.395 e. The van der Waals surface area contributed by atoms with Crippen molar-refractivity contribution in [1.82, 2.24) is 4.90 Å². The molecule has 0 saturated heterocycles. The fraction of sp³-hybridized carbons (Fsp3) is 0.562. The molecule has 0 aromatic heterocycles. The first kappa shape index (κ1) is 15.5. The lowest BCUT2D eigenvalue weighted by Gasteiger charge is -2.33. The van der Waals surface area contributed by atoms with E-state index in [9.17, 15) is 9.90 Å². The molecule has 1 aromatic rings. The third-order valence-electron chi connectivity index (χ3n) is 4.00. The van der Waals surface area contributed by atoms with Crippen LogP contribution >= 0.6 is 11.6 Å². The lowest BCUT2D eigenvalue weighted by Crippen LogP contribution is -2.42. The van der Waals surface area contributed by atoms with E-state index >= 15 is 0 Å². The van der Waals surface area contributed by atoms with Crippen molar-refractivity contribution in [2.24, 2.45) is 0 Å². The van der Waals surface area contributed by atoms with Crippen LogP contribution in [0.3, 0.4) is 0 Å². The molecule has 0 aliphatic heterocycles. The van der Waals surface area contributed by atoms with E-state index in [4.69, 9.17) is 11.6 Å². The fourth-order valence-electron chi connectivity index (χ4n) is 2.92. The molecule has 3 nitrogen and oxygen atoms in total. The number of aliphatic hydroxyl groups excluding tert-OH is 1. The molecule has 0 atom stereocenters. The molecule has 2 rings (SSSR count). The van der Waals surface area contributed by atoms with Crippen LogP contribution in [0.4, 0.5) is 0 Å². The van der Waals surface area contributed by atoms with Crippen LogP contribution in [0.5, 0.6) is 0 Å². The summed E-state index contributed by atoms with van der Waals surface area (Å²) >= 11 is 6.08. The Hall–Kier alpha value is -0.900. The number of halogens is 1. The standard InChI is InChI=1S/C16H22ClNO2/c17-15-9-5-4-8-14(15)16(20)12-18(10-11-19)13-6-2-1-3-7-13/h4-5,8-9,13,19H,1-3,6-7,10-12H2. The number of rotatable bonds is 6. The Morgan fingerprint density at radius 1 is 1.25 bits per heavy atom. The molecule has 0 radical (unpaired) electrons. The zero-order valence-electron chi connectivity index (χ0n) is 11.7. The van der Waals surface area contributed by atoms with Gasteiger partial charge in [-0.15, -0.1) is 0 Å². The second-order valence-corrected chi connectivity index (χ2v) is 5.80. The maximum atomic E-state index is 12.4. The van der Waals surface area contributed by atoms with Gasteiger partial charge in [0.15, 0.2) is 5.78 Å². The molecule has 1 aromatic carbocycles. The molecule has 4 heteroatoms. The van der Waals surface area contributed by atoms with E-state index in [2.05, 4.69) is 4.90 Å². The number of ketones is 1. The quantitative estimate of drug-likeness (QED) is 0.820. The van der Waals surface area contributed by atoms with Gasteiger partial charge in [-0.25, -0.2) is 0 Å². The predicted molar refractivity (Wildman–Crippen MR) is 81.3 cm³/mol. The largest absolute Gasteiger partial charge is 0.395 e. The van der Waals surface area contributed by atoms with Crippen LogP contribution in [0.25, 0.3) is 0 Å². The first-order chi connectivity index (χ1) is 9.72. The number of benzene rings is 1. The van der Waals surface area contributed by atoms with Crippen molar-refractivity contribution in [1.29, 1.82) is 0 Å². The van der Waals surface area contributed by atoms with Gasteiger partial charge in [0.05, 0.1) is 18.2 Å². The molecule has 0 unspecified atom stereocenters. The Labute approximate surface area is 125 Å². The molecule has 110 valence electrons. The lowest BCUT2D eigenvalue weighted by atomic mass is 9.94. The number of Topliss-reactive ketones (excluding diaryl/α,β-unsaturated/α-hetero) is 1. The van der Waals surface area contributed by atoms with E-state index in [0.717, 1.165) is 12.8 Å². The van der Waals surface area contributed by atoms with Crippen molar-refractivity contribution in [3.05, 3.63) is 34.9 Å². The van der Waals surface area contributed by atoms with E-state index in [1.807, 2.05) is 12.1 Å². The van der Waals surface area contributed by atoms with Gasteiger partial charge in [-0.05, 0) is 25.0 Å². The first-order valence-electron chi connectivity index (χ1n) is 7.35. The average molecular weight is 296 g/mol. The van der Waals surface area contributed by atoms with E-state index < -0.39 is 0 Å². The van der Waals surface area contributed by atoms with Crippen molar-refractivity contribution >= 4 is 17.4 Å². The Balaban J connectivity index is 2.03. The summed E-state index contributed by atoms with van der Waals surface area (Å²) in [5, 5.41) is 9.73. The van der Waals surface area contributed by atoms with Crippen molar-refractivity contribution in [3.63, 3.8) is 0 Å². The Kier molecular flexibility index (Phi) is 6.02. The SMILES string of the molecule is O=C(CN(CCO)C1CCCCC1)c1ccccc1Cl. The van der Waals surface area contributed by atoms with E-state index in [1.165, 1.54) is 19.3 Å². The maximum Gasteiger partial charge on any atom is 0.178 e. The minimum atomic E-state index is 0.0367. The van der Waals surface area contributed by atoms with Crippen LogP contribution in [0.15, 0.2) is 24.3 Å². The summed E-state index contributed by atoms with van der Waals surface area (Å²) < 4.78 is 0. The summed E-state index contributed by atoms with van der Waals surface area (Å²) in [5.74, 6) is 0.0367. The van der Waals surface area contributed by atoms with Gasteiger partial charge in [0.25, 0.3) is 0 Å². The zero-order chi connectivity index (χ0) is 14.4. The normalized spacial score (nSPS) is 16.6. The van der Waals surface area contributed by atoms with Gasteiger partial charge in [0, 0.05) is 18.2 Å². The van der Waals surface area contributed by atoms with Gasteiger partial charge in [-0.3, -0.25) is 9.69 Å². The Bertz CT molecular complexity index is 444. The third kappa shape index (κ3) is 4.05. The fourth-order valence-corrected chi connectivity index (χ4v) is 3.16. The first-order valence-corrected chi connectivity index (χ1v) is 7.73. The Morgan fingerprint density at radius 3 is 2.60 bits per heavy atom. The third-order valence-corrected chi connectivity index (χ3v) is 4.33. The molecule has 1 N–H and O–H groups in total. The average Bonchev–Trinajstić information content (AvgIpc) is 2.48. The second-order valence-electron chi connectivity index (χ2n) is 5.39. The monoisotopic (exact) mass is 295 g/mol. The van der Waals surface area contributed by atoms with Crippen LogP contribution in [0.1, 0.15) is 42.5 Å². The molecule has 20 heavy (non-hydrogen) atoms. The topological polar surface area (TPSA) is 40.5 Å². The molecular formula is C16H22ClNO2. The van der Waals surface area contributed by atoms with Gasteiger partial charge in [0.1, 0.15) is 0 Å². The second kappa shape index (κ2) is 7.77. The van der Waals surface area contributed by atoms with Crippen LogP contribution in [0, 0.1) is 0 Å².